The van der Waals surface area contributed by atoms with Gasteiger partial charge in [-0.15, -0.1) is 11.3 Å². The second-order valence-corrected chi connectivity index (χ2v) is 7.17. The number of hydrogen-bond acceptors (Lipinski definition) is 3. The summed E-state index contributed by atoms with van der Waals surface area (Å²) in [6, 6.07) is 19.3. The number of carbonyl (C=O) groups is 1. The Morgan fingerprint density at radius 2 is 1.64 bits per heavy atom. The lowest BCUT2D eigenvalue weighted by molar-refractivity contribution is 0.104. The van der Waals surface area contributed by atoms with Crippen molar-refractivity contribution >= 4 is 33.7 Å². The summed E-state index contributed by atoms with van der Waals surface area (Å²) in [5, 5.41) is 1.78. The molecule has 3 aromatic rings. The second kappa shape index (κ2) is 7.85. The smallest absolute Gasteiger partial charge is 0.203 e. The normalized spacial score (nSPS) is 10.7. The molecule has 0 atom stereocenters. The van der Waals surface area contributed by atoms with Crippen LogP contribution in [0.25, 0.3) is 11.1 Å². The SMILES string of the molecule is CCN(CC)c1sc(C(=O)c2ccc(Cl)cc2)cc1-c1ccccc1. The Morgan fingerprint density at radius 3 is 2.24 bits per heavy atom. The first-order valence-corrected chi connectivity index (χ1v) is 9.58. The van der Waals surface area contributed by atoms with Crippen molar-refractivity contribution in [2.75, 3.05) is 18.0 Å². The van der Waals surface area contributed by atoms with E-state index < -0.39 is 0 Å². The third-order valence-electron chi connectivity index (χ3n) is 4.18. The Morgan fingerprint density at radius 1 is 1.00 bits per heavy atom. The van der Waals surface area contributed by atoms with Crippen molar-refractivity contribution < 1.29 is 4.79 Å². The molecule has 0 spiro atoms. The van der Waals surface area contributed by atoms with Crippen LogP contribution in [0.3, 0.4) is 0 Å². The van der Waals surface area contributed by atoms with Gasteiger partial charge in [0, 0.05) is 29.2 Å². The summed E-state index contributed by atoms with van der Waals surface area (Å²) in [6.45, 7) is 6.09. The molecule has 1 aromatic heterocycles. The van der Waals surface area contributed by atoms with Crippen LogP contribution in [0.2, 0.25) is 5.02 Å². The second-order valence-electron chi connectivity index (χ2n) is 5.70. The first kappa shape index (κ1) is 17.7. The predicted octanol–water partition coefficient (Wildman–Crippen LogP) is 6.15. The highest BCUT2D eigenvalue weighted by atomic mass is 35.5. The van der Waals surface area contributed by atoms with Crippen molar-refractivity contribution in [3.05, 3.63) is 76.1 Å². The minimum absolute atomic E-state index is 0.0391. The van der Waals surface area contributed by atoms with E-state index in [-0.39, 0.29) is 5.78 Å². The van der Waals surface area contributed by atoms with Gasteiger partial charge in [-0.2, -0.15) is 0 Å². The molecule has 2 nitrogen and oxygen atoms in total. The molecule has 1 heterocycles. The summed E-state index contributed by atoms with van der Waals surface area (Å²) < 4.78 is 0. The van der Waals surface area contributed by atoms with Gasteiger partial charge in [0.1, 0.15) is 0 Å². The fraction of sp³-hybridized carbons (Fsp3) is 0.190. The Bertz CT molecular complexity index is 851. The molecule has 0 aliphatic heterocycles. The molecule has 0 saturated heterocycles. The molecule has 0 N–H and O–H groups in total. The number of benzene rings is 2. The van der Waals surface area contributed by atoms with Crippen molar-refractivity contribution in [3.8, 4) is 11.1 Å². The van der Waals surface area contributed by atoms with E-state index in [9.17, 15) is 4.79 Å². The van der Waals surface area contributed by atoms with E-state index in [4.69, 9.17) is 11.6 Å². The van der Waals surface area contributed by atoms with Gasteiger partial charge in [-0.25, -0.2) is 0 Å². The standard InChI is InChI=1S/C21H20ClNOS/c1-3-23(4-2)21-18(15-8-6-5-7-9-15)14-19(25-21)20(24)16-10-12-17(22)13-11-16/h5-14H,3-4H2,1-2H3. The average Bonchev–Trinajstić information content (AvgIpc) is 3.09. The third kappa shape index (κ3) is 3.78. The van der Waals surface area contributed by atoms with Crippen LogP contribution in [-0.2, 0) is 0 Å². The van der Waals surface area contributed by atoms with Crippen LogP contribution in [0.15, 0.2) is 60.7 Å². The van der Waals surface area contributed by atoms with E-state index in [1.54, 1.807) is 35.6 Å². The maximum absolute atomic E-state index is 12.9. The summed E-state index contributed by atoms with van der Waals surface area (Å²) in [4.78, 5) is 16.0. The number of ketones is 1. The monoisotopic (exact) mass is 369 g/mol. The summed E-state index contributed by atoms with van der Waals surface area (Å²) in [7, 11) is 0. The lowest BCUT2D eigenvalue weighted by Gasteiger charge is -2.20. The van der Waals surface area contributed by atoms with Crippen LogP contribution in [0.1, 0.15) is 29.1 Å². The summed E-state index contributed by atoms with van der Waals surface area (Å²) in [6.07, 6.45) is 0. The number of halogens is 1. The zero-order valence-corrected chi connectivity index (χ0v) is 15.9. The Balaban J connectivity index is 2.06. The summed E-state index contributed by atoms with van der Waals surface area (Å²) in [5.74, 6) is 0.0391. The quantitative estimate of drug-likeness (QED) is 0.486. The van der Waals surface area contributed by atoms with Crippen LogP contribution < -0.4 is 4.90 Å². The van der Waals surface area contributed by atoms with E-state index in [1.807, 2.05) is 24.3 Å². The van der Waals surface area contributed by atoms with Crippen molar-refractivity contribution in [3.63, 3.8) is 0 Å². The average molecular weight is 370 g/mol. The van der Waals surface area contributed by atoms with Gasteiger partial charge in [0.25, 0.3) is 0 Å². The number of rotatable bonds is 6. The highest BCUT2D eigenvalue weighted by Gasteiger charge is 2.19. The Labute approximate surface area is 157 Å². The lowest BCUT2D eigenvalue weighted by atomic mass is 10.1. The molecule has 2 aromatic carbocycles. The Hall–Kier alpha value is -2.10. The molecule has 0 aliphatic rings. The van der Waals surface area contributed by atoms with Crippen molar-refractivity contribution in [2.24, 2.45) is 0 Å². The molecular formula is C21H20ClNOS. The highest BCUT2D eigenvalue weighted by molar-refractivity contribution is 7.18. The minimum Gasteiger partial charge on any atom is -0.363 e. The molecule has 0 saturated carbocycles. The van der Waals surface area contributed by atoms with Gasteiger partial charge in [-0.1, -0.05) is 41.9 Å². The molecular weight excluding hydrogens is 350 g/mol. The molecule has 0 amide bonds. The molecule has 0 fully saturated rings. The fourth-order valence-electron chi connectivity index (χ4n) is 2.81. The van der Waals surface area contributed by atoms with E-state index in [0.29, 0.717) is 10.6 Å². The van der Waals surface area contributed by atoms with Crippen molar-refractivity contribution in [1.29, 1.82) is 0 Å². The highest BCUT2D eigenvalue weighted by Crippen LogP contribution is 2.39. The van der Waals surface area contributed by atoms with Gasteiger partial charge in [-0.05, 0) is 49.7 Å². The maximum Gasteiger partial charge on any atom is 0.203 e. The first-order chi connectivity index (χ1) is 12.1. The van der Waals surface area contributed by atoms with Gasteiger partial charge < -0.3 is 4.90 Å². The molecule has 0 aliphatic carbocycles. The van der Waals surface area contributed by atoms with E-state index in [0.717, 1.165) is 34.1 Å². The Kier molecular flexibility index (Phi) is 5.57. The molecule has 0 bridgehead atoms. The number of carbonyl (C=O) groups excluding carboxylic acids is 1. The van der Waals surface area contributed by atoms with Crippen LogP contribution >= 0.6 is 22.9 Å². The predicted molar refractivity (Wildman–Crippen MR) is 108 cm³/mol. The topological polar surface area (TPSA) is 20.3 Å². The molecule has 128 valence electrons. The van der Waals surface area contributed by atoms with Gasteiger partial charge >= 0.3 is 0 Å². The number of thiophene rings is 1. The van der Waals surface area contributed by atoms with E-state index in [1.165, 1.54) is 0 Å². The van der Waals surface area contributed by atoms with E-state index in [2.05, 4.69) is 30.9 Å². The molecule has 3 rings (SSSR count). The number of anilines is 1. The zero-order valence-electron chi connectivity index (χ0n) is 14.3. The van der Waals surface area contributed by atoms with Crippen molar-refractivity contribution in [2.45, 2.75) is 13.8 Å². The molecule has 4 heteroatoms. The summed E-state index contributed by atoms with van der Waals surface area (Å²) >= 11 is 7.50. The van der Waals surface area contributed by atoms with Gasteiger partial charge in [0.2, 0.25) is 5.78 Å². The summed E-state index contributed by atoms with van der Waals surface area (Å²) in [5.41, 5.74) is 2.92. The van der Waals surface area contributed by atoms with Crippen molar-refractivity contribution in [1.82, 2.24) is 0 Å². The third-order valence-corrected chi connectivity index (χ3v) is 5.62. The molecule has 25 heavy (non-hydrogen) atoms. The first-order valence-electron chi connectivity index (χ1n) is 8.38. The maximum atomic E-state index is 12.9. The van der Waals surface area contributed by atoms with Gasteiger partial charge in [0.15, 0.2) is 0 Å². The lowest BCUT2D eigenvalue weighted by Crippen LogP contribution is -2.21. The van der Waals surface area contributed by atoms with Gasteiger partial charge in [0.05, 0.1) is 9.88 Å². The van der Waals surface area contributed by atoms with Crippen LogP contribution in [0, 0.1) is 0 Å². The number of hydrogen-bond donors (Lipinski definition) is 0. The van der Waals surface area contributed by atoms with Crippen LogP contribution in [-0.4, -0.2) is 18.9 Å². The minimum atomic E-state index is 0.0391. The van der Waals surface area contributed by atoms with Gasteiger partial charge in [-0.3, -0.25) is 4.79 Å². The van der Waals surface area contributed by atoms with Crippen LogP contribution in [0.5, 0.6) is 0 Å². The molecule has 0 unspecified atom stereocenters. The largest absolute Gasteiger partial charge is 0.363 e. The van der Waals surface area contributed by atoms with Crippen LogP contribution in [0.4, 0.5) is 5.00 Å². The fourth-order valence-corrected chi connectivity index (χ4v) is 4.20. The number of nitrogens with zero attached hydrogens (tertiary/aromatic N) is 1. The molecule has 0 radical (unpaired) electrons. The van der Waals surface area contributed by atoms with E-state index >= 15 is 0 Å². The zero-order chi connectivity index (χ0) is 17.8.